The highest BCUT2D eigenvalue weighted by Gasteiger charge is 2.23. The summed E-state index contributed by atoms with van der Waals surface area (Å²) in [5, 5.41) is 6.31. The van der Waals surface area contributed by atoms with Gasteiger partial charge < -0.3 is 15.4 Å². The van der Waals surface area contributed by atoms with Crippen molar-refractivity contribution in [3.63, 3.8) is 0 Å². The summed E-state index contributed by atoms with van der Waals surface area (Å²) in [6.45, 7) is 5.72. The van der Waals surface area contributed by atoms with E-state index < -0.39 is 0 Å². The molecule has 1 unspecified atom stereocenters. The predicted molar refractivity (Wildman–Crippen MR) is 64.3 cm³/mol. The number of methoxy groups -OCH3 is 1. The minimum absolute atomic E-state index is 0.00754. The maximum Gasteiger partial charge on any atom is 0.237 e. The van der Waals surface area contributed by atoms with Crippen molar-refractivity contribution in [2.45, 2.75) is 45.2 Å². The summed E-state index contributed by atoms with van der Waals surface area (Å²) < 4.78 is 5.12. The zero-order valence-corrected chi connectivity index (χ0v) is 10.6. The summed E-state index contributed by atoms with van der Waals surface area (Å²) in [6.07, 6.45) is 3.26. The third-order valence-electron chi connectivity index (χ3n) is 3.11. The van der Waals surface area contributed by atoms with Crippen molar-refractivity contribution in [3.8, 4) is 0 Å². The summed E-state index contributed by atoms with van der Waals surface area (Å²) in [5.41, 5.74) is 0. The van der Waals surface area contributed by atoms with Crippen LogP contribution in [0.1, 0.15) is 33.1 Å². The van der Waals surface area contributed by atoms with Crippen molar-refractivity contribution >= 4 is 5.91 Å². The molecule has 4 nitrogen and oxygen atoms in total. The maximum absolute atomic E-state index is 12.0. The fourth-order valence-corrected chi connectivity index (χ4v) is 1.94. The fraction of sp³-hybridized carbons (Fsp3) is 0.917. The molecule has 0 aromatic heterocycles. The molecule has 1 saturated heterocycles. The monoisotopic (exact) mass is 228 g/mol. The minimum atomic E-state index is -0.00754. The molecular formula is C12H24N2O2. The van der Waals surface area contributed by atoms with Gasteiger partial charge in [0.05, 0.1) is 18.7 Å². The van der Waals surface area contributed by atoms with E-state index in [1.54, 1.807) is 7.11 Å². The van der Waals surface area contributed by atoms with E-state index in [0.717, 1.165) is 19.4 Å². The molecule has 94 valence electrons. The standard InChI is InChI=1S/C12H24N2O2/c1-9(2)11(8-16-3)14-12(15)10-6-4-5-7-13-10/h9-11,13H,4-8H2,1-3H3,(H,14,15)/t10-,11?/m0/s1. The van der Waals surface area contributed by atoms with Gasteiger partial charge in [-0.3, -0.25) is 4.79 Å². The molecule has 4 heteroatoms. The van der Waals surface area contributed by atoms with Crippen molar-refractivity contribution in [1.82, 2.24) is 10.6 Å². The molecule has 1 heterocycles. The van der Waals surface area contributed by atoms with Crippen LogP contribution in [0.25, 0.3) is 0 Å². The largest absolute Gasteiger partial charge is 0.383 e. The van der Waals surface area contributed by atoms with Crippen molar-refractivity contribution in [1.29, 1.82) is 0 Å². The van der Waals surface area contributed by atoms with Crippen LogP contribution in [-0.4, -0.2) is 38.3 Å². The topological polar surface area (TPSA) is 50.4 Å². The van der Waals surface area contributed by atoms with E-state index in [1.807, 2.05) is 0 Å². The van der Waals surface area contributed by atoms with E-state index in [9.17, 15) is 4.79 Å². The average molecular weight is 228 g/mol. The first-order valence-corrected chi connectivity index (χ1v) is 6.18. The lowest BCUT2D eigenvalue weighted by Crippen LogP contribution is -2.51. The van der Waals surface area contributed by atoms with Crippen LogP contribution in [-0.2, 0) is 9.53 Å². The van der Waals surface area contributed by atoms with Gasteiger partial charge in [0, 0.05) is 7.11 Å². The van der Waals surface area contributed by atoms with Gasteiger partial charge >= 0.3 is 0 Å². The molecular weight excluding hydrogens is 204 g/mol. The third-order valence-corrected chi connectivity index (χ3v) is 3.11. The van der Waals surface area contributed by atoms with E-state index in [2.05, 4.69) is 24.5 Å². The summed E-state index contributed by atoms with van der Waals surface area (Å²) in [4.78, 5) is 12.0. The molecule has 16 heavy (non-hydrogen) atoms. The number of hydrogen-bond donors (Lipinski definition) is 2. The highest BCUT2D eigenvalue weighted by Crippen LogP contribution is 2.08. The first kappa shape index (κ1) is 13.5. The van der Waals surface area contributed by atoms with Crippen LogP contribution in [0, 0.1) is 5.92 Å². The van der Waals surface area contributed by atoms with Gasteiger partial charge in [-0.2, -0.15) is 0 Å². The Morgan fingerprint density at radius 1 is 1.50 bits per heavy atom. The van der Waals surface area contributed by atoms with Crippen LogP contribution in [0.15, 0.2) is 0 Å². The van der Waals surface area contributed by atoms with Gasteiger partial charge in [-0.25, -0.2) is 0 Å². The predicted octanol–water partition coefficient (Wildman–Crippen LogP) is 0.916. The molecule has 1 fully saturated rings. The summed E-state index contributed by atoms with van der Waals surface area (Å²) in [6, 6.07) is 0.105. The van der Waals surface area contributed by atoms with Crippen LogP contribution in [0.3, 0.4) is 0 Å². The Hall–Kier alpha value is -0.610. The first-order chi connectivity index (χ1) is 7.65. The molecule has 1 amide bonds. The smallest absolute Gasteiger partial charge is 0.237 e. The lowest BCUT2D eigenvalue weighted by Gasteiger charge is -2.27. The molecule has 0 aromatic rings. The third kappa shape index (κ3) is 4.10. The van der Waals surface area contributed by atoms with Crippen LogP contribution in [0.2, 0.25) is 0 Å². The Kier molecular flexibility index (Phi) is 5.77. The van der Waals surface area contributed by atoms with E-state index in [1.165, 1.54) is 6.42 Å². The number of amides is 1. The van der Waals surface area contributed by atoms with E-state index in [4.69, 9.17) is 4.74 Å². The van der Waals surface area contributed by atoms with Crippen molar-refractivity contribution in [2.75, 3.05) is 20.3 Å². The van der Waals surface area contributed by atoms with Crippen molar-refractivity contribution in [2.24, 2.45) is 5.92 Å². The van der Waals surface area contributed by atoms with E-state index in [-0.39, 0.29) is 18.0 Å². The highest BCUT2D eigenvalue weighted by molar-refractivity contribution is 5.82. The Morgan fingerprint density at radius 3 is 2.75 bits per heavy atom. The molecule has 2 atom stereocenters. The lowest BCUT2D eigenvalue weighted by atomic mass is 10.0. The number of piperidine rings is 1. The molecule has 0 aliphatic carbocycles. The highest BCUT2D eigenvalue weighted by atomic mass is 16.5. The Morgan fingerprint density at radius 2 is 2.25 bits per heavy atom. The summed E-state index contributed by atoms with van der Waals surface area (Å²) in [7, 11) is 1.67. The quantitative estimate of drug-likeness (QED) is 0.735. The minimum Gasteiger partial charge on any atom is -0.383 e. The van der Waals surface area contributed by atoms with Gasteiger partial charge in [0.2, 0.25) is 5.91 Å². The molecule has 0 radical (unpaired) electrons. The molecule has 1 rings (SSSR count). The number of rotatable bonds is 5. The molecule has 0 aromatic carbocycles. The lowest BCUT2D eigenvalue weighted by molar-refractivity contribution is -0.125. The number of ether oxygens (including phenoxy) is 1. The second-order valence-corrected chi connectivity index (χ2v) is 4.82. The zero-order valence-electron chi connectivity index (χ0n) is 10.6. The number of nitrogens with one attached hydrogen (secondary N) is 2. The van der Waals surface area contributed by atoms with Crippen LogP contribution < -0.4 is 10.6 Å². The molecule has 2 N–H and O–H groups in total. The van der Waals surface area contributed by atoms with Gasteiger partial charge in [0.1, 0.15) is 0 Å². The molecule has 0 bridgehead atoms. The van der Waals surface area contributed by atoms with E-state index in [0.29, 0.717) is 12.5 Å². The normalized spacial score (nSPS) is 23.1. The number of carbonyl (C=O) groups is 1. The van der Waals surface area contributed by atoms with Crippen LogP contribution in [0.4, 0.5) is 0 Å². The number of hydrogen-bond acceptors (Lipinski definition) is 3. The van der Waals surface area contributed by atoms with Gasteiger partial charge in [-0.1, -0.05) is 20.3 Å². The average Bonchev–Trinajstić information content (AvgIpc) is 2.29. The maximum atomic E-state index is 12.0. The summed E-state index contributed by atoms with van der Waals surface area (Å²) >= 11 is 0. The zero-order chi connectivity index (χ0) is 12.0. The van der Waals surface area contributed by atoms with Gasteiger partial charge in [-0.05, 0) is 25.3 Å². The number of carbonyl (C=O) groups excluding carboxylic acids is 1. The van der Waals surface area contributed by atoms with Gasteiger partial charge in [0.25, 0.3) is 0 Å². The molecule has 0 saturated carbocycles. The molecule has 0 spiro atoms. The van der Waals surface area contributed by atoms with Crippen molar-refractivity contribution < 1.29 is 9.53 Å². The SMILES string of the molecule is COCC(NC(=O)[C@@H]1CCCCN1)C(C)C. The Labute approximate surface area is 98.1 Å². The summed E-state index contributed by atoms with van der Waals surface area (Å²) in [5.74, 6) is 0.517. The molecule has 1 aliphatic heterocycles. The first-order valence-electron chi connectivity index (χ1n) is 6.18. The fourth-order valence-electron chi connectivity index (χ4n) is 1.94. The van der Waals surface area contributed by atoms with Gasteiger partial charge in [0.15, 0.2) is 0 Å². The Balaban J connectivity index is 2.40. The van der Waals surface area contributed by atoms with Crippen LogP contribution in [0.5, 0.6) is 0 Å². The van der Waals surface area contributed by atoms with Crippen LogP contribution >= 0.6 is 0 Å². The van der Waals surface area contributed by atoms with Gasteiger partial charge in [-0.15, -0.1) is 0 Å². The van der Waals surface area contributed by atoms with E-state index >= 15 is 0 Å². The van der Waals surface area contributed by atoms with Crippen molar-refractivity contribution in [3.05, 3.63) is 0 Å². The second kappa shape index (κ2) is 6.86. The second-order valence-electron chi connectivity index (χ2n) is 4.82. The Bertz CT molecular complexity index is 213. The molecule has 1 aliphatic rings.